The molecular weight excluding hydrogens is 531 g/mol. The lowest BCUT2D eigenvalue weighted by atomic mass is 10.1. The molecule has 9 heteroatoms. The Balaban J connectivity index is 1.46. The van der Waals surface area contributed by atoms with Crippen LogP contribution in [0.2, 0.25) is 0 Å². The van der Waals surface area contributed by atoms with Gasteiger partial charge in [0.05, 0.1) is 4.88 Å². The maximum atomic E-state index is 11.6. The van der Waals surface area contributed by atoms with Crippen molar-refractivity contribution < 1.29 is 4.79 Å². The minimum absolute atomic E-state index is 0.0695. The number of carbonyl (C=O) groups excluding carboxylic acids is 1. The molecule has 0 saturated heterocycles. The lowest BCUT2D eigenvalue weighted by Gasteiger charge is -2.20. The van der Waals surface area contributed by atoms with Crippen molar-refractivity contribution in [1.82, 2.24) is 15.0 Å². The molecule has 0 bridgehead atoms. The minimum atomic E-state index is -0.0942. The zero-order valence-electron chi connectivity index (χ0n) is 21.8. The summed E-state index contributed by atoms with van der Waals surface area (Å²) in [5.41, 5.74) is 4.89. The zero-order valence-corrected chi connectivity index (χ0v) is 24.2. The first-order valence-electron chi connectivity index (χ1n) is 12.2. The molecule has 38 heavy (non-hydrogen) atoms. The fourth-order valence-corrected chi connectivity index (χ4v) is 5.59. The lowest BCUT2D eigenvalue weighted by Crippen LogP contribution is -2.29. The van der Waals surface area contributed by atoms with Crippen LogP contribution >= 0.6 is 35.5 Å². The molecule has 4 aromatic rings. The molecule has 0 radical (unpaired) electrons. The molecule has 6 nitrogen and oxygen atoms in total. The van der Waals surface area contributed by atoms with Crippen molar-refractivity contribution >= 4 is 57.9 Å². The molecular formula is C29H31N5OS3. The summed E-state index contributed by atoms with van der Waals surface area (Å²) in [7, 11) is 0. The van der Waals surface area contributed by atoms with E-state index < -0.39 is 0 Å². The van der Waals surface area contributed by atoms with Gasteiger partial charge in [-0.2, -0.15) is 0 Å². The van der Waals surface area contributed by atoms with Crippen LogP contribution in [0, 0.1) is 0 Å². The van der Waals surface area contributed by atoms with E-state index in [1.165, 1.54) is 12.5 Å². The number of thiazole rings is 1. The van der Waals surface area contributed by atoms with Crippen LogP contribution in [0.4, 0.5) is 11.4 Å². The van der Waals surface area contributed by atoms with E-state index in [4.69, 9.17) is 17.2 Å². The fourth-order valence-electron chi connectivity index (χ4n) is 3.48. The van der Waals surface area contributed by atoms with E-state index in [-0.39, 0.29) is 11.4 Å². The predicted molar refractivity (Wildman–Crippen MR) is 166 cm³/mol. The molecule has 1 amide bonds. The van der Waals surface area contributed by atoms with Crippen LogP contribution in [0.1, 0.15) is 33.3 Å². The summed E-state index contributed by atoms with van der Waals surface area (Å²) in [5.74, 6) is -0.0942. The van der Waals surface area contributed by atoms with Gasteiger partial charge >= 0.3 is 0 Å². The normalized spacial score (nSPS) is 11.2. The molecule has 0 spiro atoms. The molecule has 0 unspecified atom stereocenters. The van der Waals surface area contributed by atoms with Gasteiger partial charge in [-0.1, -0.05) is 36.4 Å². The van der Waals surface area contributed by atoms with Crippen LogP contribution in [0.15, 0.2) is 83.9 Å². The zero-order chi connectivity index (χ0) is 27.1. The first-order chi connectivity index (χ1) is 18.2. The Hall–Kier alpha value is -3.24. The van der Waals surface area contributed by atoms with Gasteiger partial charge in [0, 0.05) is 52.6 Å². The number of hydrogen-bond donors (Lipinski definition) is 4. The summed E-state index contributed by atoms with van der Waals surface area (Å²) in [5, 5.41) is 10.9. The number of hydrogen-bond acceptors (Lipinski definition) is 6. The number of benzene rings is 3. The quantitative estimate of drug-likeness (QED) is 0.133. The Labute approximate surface area is 237 Å². The summed E-state index contributed by atoms with van der Waals surface area (Å²) in [6, 6.07) is 24.2. The molecule has 196 valence electrons. The highest BCUT2D eigenvalue weighted by Crippen LogP contribution is 2.38. The van der Waals surface area contributed by atoms with Crippen molar-refractivity contribution in [2.24, 2.45) is 0 Å². The predicted octanol–water partition coefficient (Wildman–Crippen LogP) is 7.32. The number of anilines is 2. The molecule has 0 fully saturated rings. The second-order valence-corrected chi connectivity index (χ2v) is 12.0. The molecule has 4 N–H and O–H groups in total. The number of rotatable bonds is 8. The number of aromatic nitrogens is 1. The van der Waals surface area contributed by atoms with Crippen LogP contribution < -0.4 is 20.7 Å². The van der Waals surface area contributed by atoms with Crippen molar-refractivity contribution in [2.45, 2.75) is 44.7 Å². The van der Waals surface area contributed by atoms with E-state index in [1.807, 2.05) is 66.9 Å². The van der Waals surface area contributed by atoms with Crippen molar-refractivity contribution in [3.63, 3.8) is 0 Å². The van der Waals surface area contributed by atoms with Crippen molar-refractivity contribution in [3.05, 3.63) is 84.6 Å². The fraction of sp³-hybridized carbons (Fsp3) is 0.207. The molecule has 3 aromatic carbocycles. The highest BCUT2D eigenvalue weighted by atomic mass is 32.2. The SMILES string of the molecule is CC(=O)Nc1ccc(-c2cnc(-c3ccc(NC(=S)NCc4ccccc4)cc3)s2)c(SNC(C)(C)C)c1. The Bertz CT molecular complexity index is 1400. The highest BCUT2D eigenvalue weighted by molar-refractivity contribution is 7.97. The van der Waals surface area contributed by atoms with Crippen molar-refractivity contribution in [1.29, 1.82) is 0 Å². The van der Waals surface area contributed by atoms with Crippen LogP contribution in [0.5, 0.6) is 0 Å². The summed E-state index contributed by atoms with van der Waals surface area (Å²) in [6.45, 7) is 8.54. The Morgan fingerprint density at radius 1 is 0.974 bits per heavy atom. The average molecular weight is 562 g/mol. The van der Waals surface area contributed by atoms with Crippen LogP contribution in [-0.2, 0) is 11.3 Å². The van der Waals surface area contributed by atoms with Gasteiger partial charge in [0.15, 0.2) is 5.11 Å². The van der Waals surface area contributed by atoms with Crippen molar-refractivity contribution in [3.8, 4) is 21.0 Å². The summed E-state index contributed by atoms with van der Waals surface area (Å²) in [6.07, 6.45) is 1.91. The molecule has 4 rings (SSSR count). The maximum absolute atomic E-state index is 11.6. The number of carbonyl (C=O) groups is 1. The highest BCUT2D eigenvalue weighted by Gasteiger charge is 2.16. The van der Waals surface area contributed by atoms with Gasteiger partial charge in [0.2, 0.25) is 5.91 Å². The third-order valence-corrected chi connectivity index (χ3v) is 7.82. The largest absolute Gasteiger partial charge is 0.358 e. The van der Waals surface area contributed by atoms with Crippen molar-refractivity contribution in [2.75, 3.05) is 10.6 Å². The smallest absolute Gasteiger partial charge is 0.221 e. The van der Waals surface area contributed by atoms with Gasteiger partial charge in [0.25, 0.3) is 0 Å². The van der Waals surface area contributed by atoms with E-state index in [2.05, 4.69) is 53.6 Å². The second kappa shape index (κ2) is 12.5. The number of amides is 1. The summed E-state index contributed by atoms with van der Waals surface area (Å²) in [4.78, 5) is 18.4. The number of thiocarbonyl (C=S) groups is 1. The van der Waals surface area contributed by atoms with E-state index in [9.17, 15) is 4.79 Å². The van der Waals surface area contributed by atoms with Crippen LogP contribution in [0.3, 0.4) is 0 Å². The summed E-state index contributed by atoms with van der Waals surface area (Å²) < 4.78 is 3.47. The Morgan fingerprint density at radius 2 is 1.68 bits per heavy atom. The second-order valence-electron chi connectivity index (χ2n) is 9.75. The van der Waals surface area contributed by atoms with Gasteiger partial charge in [-0.05, 0) is 86.9 Å². The Morgan fingerprint density at radius 3 is 2.37 bits per heavy atom. The first kappa shape index (κ1) is 27.8. The molecule has 0 aliphatic carbocycles. The number of nitrogens with zero attached hydrogens (tertiary/aromatic N) is 1. The first-order valence-corrected chi connectivity index (χ1v) is 14.2. The van der Waals surface area contributed by atoms with E-state index in [0.717, 1.165) is 37.3 Å². The van der Waals surface area contributed by atoms with Crippen LogP contribution in [-0.4, -0.2) is 21.5 Å². The molecule has 0 aliphatic heterocycles. The van der Waals surface area contributed by atoms with Crippen LogP contribution in [0.25, 0.3) is 21.0 Å². The molecule has 0 aliphatic rings. The topological polar surface area (TPSA) is 78.1 Å². The van der Waals surface area contributed by atoms with E-state index in [0.29, 0.717) is 11.7 Å². The average Bonchev–Trinajstić information content (AvgIpc) is 3.37. The third-order valence-electron chi connectivity index (χ3n) is 5.23. The standard InChI is InChI=1S/C29H31N5OS3/c1-19(35)32-23-14-15-24(25(16-23)38-34-29(2,3)4)26-18-30-27(37-26)21-10-12-22(13-11-21)33-28(36)31-17-20-8-6-5-7-9-20/h5-16,18,34H,17H2,1-4H3,(H,32,35)(H2,31,33,36). The van der Waals surface area contributed by atoms with E-state index >= 15 is 0 Å². The monoisotopic (exact) mass is 561 g/mol. The van der Waals surface area contributed by atoms with Gasteiger partial charge in [0.1, 0.15) is 5.01 Å². The minimum Gasteiger partial charge on any atom is -0.358 e. The number of nitrogens with one attached hydrogen (secondary N) is 4. The molecule has 1 aromatic heterocycles. The maximum Gasteiger partial charge on any atom is 0.221 e. The van der Waals surface area contributed by atoms with E-state index in [1.54, 1.807) is 23.3 Å². The summed E-state index contributed by atoms with van der Waals surface area (Å²) >= 11 is 8.63. The third kappa shape index (κ3) is 8.13. The van der Waals surface area contributed by atoms with Gasteiger partial charge in [-0.25, -0.2) is 4.98 Å². The lowest BCUT2D eigenvalue weighted by molar-refractivity contribution is -0.114. The van der Waals surface area contributed by atoms with Gasteiger partial charge < -0.3 is 16.0 Å². The Kier molecular flexibility index (Phi) is 9.17. The van der Waals surface area contributed by atoms with Gasteiger partial charge in [-0.15, -0.1) is 11.3 Å². The molecule has 0 saturated carbocycles. The molecule has 1 heterocycles. The molecule has 0 atom stereocenters. The van der Waals surface area contributed by atoms with Gasteiger partial charge in [-0.3, -0.25) is 9.52 Å².